The van der Waals surface area contributed by atoms with Gasteiger partial charge >= 0.3 is 0 Å². The van der Waals surface area contributed by atoms with E-state index >= 15 is 0 Å². The van der Waals surface area contributed by atoms with Crippen molar-refractivity contribution >= 4 is 28.5 Å². The Morgan fingerprint density at radius 2 is 2.53 bits per heavy atom. The Morgan fingerprint density at radius 1 is 1.67 bits per heavy atom. The van der Waals surface area contributed by atoms with E-state index in [1.807, 2.05) is 12.3 Å². The summed E-state index contributed by atoms with van der Waals surface area (Å²) in [6.45, 7) is 2.85. The highest BCUT2D eigenvalue weighted by Crippen LogP contribution is 2.08. The van der Waals surface area contributed by atoms with Crippen molar-refractivity contribution in [2.75, 3.05) is 19.6 Å². The van der Waals surface area contributed by atoms with Crippen molar-refractivity contribution in [2.45, 2.75) is 6.42 Å². The molecule has 1 aliphatic heterocycles. The highest BCUT2D eigenvalue weighted by molar-refractivity contribution is 14.1. The zero-order valence-electron chi connectivity index (χ0n) is 8.35. The molecule has 1 unspecified atom stereocenters. The normalized spacial score (nSPS) is 20.5. The zero-order valence-corrected chi connectivity index (χ0v) is 10.5. The third kappa shape index (κ3) is 2.94. The first-order valence-corrected chi connectivity index (χ1v) is 6.16. The molecule has 0 saturated carbocycles. The van der Waals surface area contributed by atoms with Gasteiger partial charge in [0.15, 0.2) is 0 Å². The number of hydrogen-bond acceptors (Lipinski definition) is 2. The van der Waals surface area contributed by atoms with Gasteiger partial charge < -0.3 is 15.6 Å². The highest BCUT2D eigenvalue weighted by atomic mass is 127. The molecule has 15 heavy (non-hydrogen) atoms. The van der Waals surface area contributed by atoms with Crippen molar-refractivity contribution in [3.63, 3.8) is 0 Å². The molecule has 3 N–H and O–H groups in total. The number of aromatic nitrogens is 1. The van der Waals surface area contributed by atoms with E-state index in [1.54, 1.807) is 0 Å². The van der Waals surface area contributed by atoms with Gasteiger partial charge in [-0.15, -0.1) is 0 Å². The van der Waals surface area contributed by atoms with Crippen molar-refractivity contribution in [1.29, 1.82) is 0 Å². The Hall–Kier alpha value is -0.560. The quantitative estimate of drug-likeness (QED) is 0.727. The van der Waals surface area contributed by atoms with Gasteiger partial charge in [0, 0.05) is 16.3 Å². The first-order chi connectivity index (χ1) is 7.25. The Bertz CT molecular complexity index is 344. The minimum absolute atomic E-state index is 0.00943. The molecule has 0 radical (unpaired) electrons. The SMILES string of the molecule is O=C(NCC1CCNC1)c1cc(I)c[nH]1. The number of carbonyl (C=O) groups is 1. The fraction of sp³-hybridized carbons (Fsp3) is 0.500. The van der Waals surface area contributed by atoms with Crippen LogP contribution in [0.3, 0.4) is 0 Å². The number of halogens is 1. The van der Waals surface area contributed by atoms with Crippen LogP contribution in [0.4, 0.5) is 0 Å². The third-order valence-corrected chi connectivity index (χ3v) is 3.23. The largest absolute Gasteiger partial charge is 0.356 e. The van der Waals surface area contributed by atoms with Crippen LogP contribution in [-0.2, 0) is 0 Å². The maximum Gasteiger partial charge on any atom is 0.267 e. The number of amides is 1. The van der Waals surface area contributed by atoms with Gasteiger partial charge in [0.05, 0.1) is 0 Å². The van der Waals surface area contributed by atoms with E-state index in [2.05, 4.69) is 38.2 Å². The lowest BCUT2D eigenvalue weighted by Crippen LogP contribution is -2.30. The molecule has 2 heterocycles. The molecule has 0 aromatic carbocycles. The standard InChI is InChI=1S/C10H14IN3O/c11-8-3-9(13-6-8)10(15)14-5-7-1-2-12-4-7/h3,6-7,12-13H,1-2,4-5H2,(H,14,15). The van der Waals surface area contributed by atoms with Crippen molar-refractivity contribution < 1.29 is 4.79 Å². The van der Waals surface area contributed by atoms with Crippen LogP contribution >= 0.6 is 22.6 Å². The molecule has 0 aliphatic carbocycles. The van der Waals surface area contributed by atoms with Gasteiger partial charge in [0.1, 0.15) is 5.69 Å². The number of rotatable bonds is 3. The minimum atomic E-state index is -0.00943. The van der Waals surface area contributed by atoms with E-state index in [0.29, 0.717) is 11.6 Å². The average molecular weight is 319 g/mol. The van der Waals surface area contributed by atoms with Crippen LogP contribution in [-0.4, -0.2) is 30.5 Å². The Labute approximate surface area is 102 Å². The number of H-pyrrole nitrogens is 1. The van der Waals surface area contributed by atoms with Crippen molar-refractivity contribution in [2.24, 2.45) is 5.92 Å². The first kappa shape index (κ1) is 10.9. The second kappa shape index (κ2) is 4.98. The lowest BCUT2D eigenvalue weighted by Gasteiger charge is -2.08. The smallest absolute Gasteiger partial charge is 0.267 e. The molecular formula is C10H14IN3O. The van der Waals surface area contributed by atoms with Gasteiger partial charge in [0.2, 0.25) is 0 Å². The lowest BCUT2D eigenvalue weighted by atomic mass is 10.1. The molecule has 1 aliphatic rings. The summed E-state index contributed by atoms with van der Waals surface area (Å²) in [5.41, 5.74) is 0.644. The summed E-state index contributed by atoms with van der Waals surface area (Å²) in [7, 11) is 0. The summed E-state index contributed by atoms with van der Waals surface area (Å²) in [6, 6.07) is 1.85. The Kier molecular flexibility index (Phi) is 3.63. The van der Waals surface area contributed by atoms with Gasteiger partial charge in [-0.2, -0.15) is 0 Å². The van der Waals surface area contributed by atoms with E-state index in [9.17, 15) is 4.79 Å². The summed E-state index contributed by atoms with van der Waals surface area (Å²) in [5, 5.41) is 6.22. The Balaban J connectivity index is 1.81. The van der Waals surface area contributed by atoms with Crippen LogP contribution < -0.4 is 10.6 Å². The highest BCUT2D eigenvalue weighted by Gasteiger charge is 2.16. The number of carbonyl (C=O) groups excluding carboxylic acids is 1. The predicted molar refractivity (Wildman–Crippen MR) is 66.8 cm³/mol. The van der Waals surface area contributed by atoms with E-state index in [1.165, 1.54) is 0 Å². The molecule has 1 amide bonds. The fourth-order valence-corrected chi connectivity index (χ4v) is 2.19. The van der Waals surface area contributed by atoms with Gasteiger partial charge in [-0.1, -0.05) is 0 Å². The summed E-state index contributed by atoms with van der Waals surface area (Å²) < 4.78 is 1.06. The van der Waals surface area contributed by atoms with Crippen molar-refractivity contribution in [3.05, 3.63) is 21.5 Å². The van der Waals surface area contributed by atoms with Crippen molar-refractivity contribution in [1.82, 2.24) is 15.6 Å². The molecule has 1 atom stereocenters. The van der Waals surface area contributed by atoms with E-state index in [0.717, 1.165) is 29.6 Å². The Morgan fingerprint density at radius 3 is 3.13 bits per heavy atom. The maximum absolute atomic E-state index is 11.6. The minimum Gasteiger partial charge on any atom is -0.356 e. The van der Waals surface area contributed by atoms with Crippen LogP contribution in [0.2, 0.25) is 0 Å². The molecule has 1 fully saturated rings. The molecule has 1 aromatic rings. The molecule has 0 bridgehead atoms. The number of aromatic amines is 1. The van der Waals surface area contributed by atoms with Crippen LogP contribution in [0.1, 0.15) is 16.9 Å². The van der Waals surface area contributed by atoms with Gasteiger partial charge in [-0.3, -0.25) is 4.79 Å². The molecule has 1 aromatic heterocycles. The second-order valence-corrected chi connectivity index (χ2v) is 5.05. The number of nitrogens with one attached hydrogen (secondary N) is 3. The summed E-state index contributed by atoms with van der Waals surface area (Å²) in [4.78, 5) is 14.6. The second-order valence-electron chi connectivity index (χ2n) is 3.80. The van der Waals surface area contributed by atoms with Crippen LogP contribution in [0.5, 0.6) is 0 Å². The summed E-state index contributed by atoms with van der Waals surface area (Å²) in [5.74, 6) is 0.577. The fourth-order valence-electron chi connectivity index (χ4n) is 1.72. The molecule has 5 heteroatoms. The topological polar surface area (TPSA) is 56.9 Å². The molecular weight excluding hydrogens is 305 g/mol. The summed E-state index contributed by atoms with van der Waals surface area (Å²) >= 11 is 2.18. The van der Waals surface area contributed by atoms with Crippen LogP contribution in [0, 0.1) is 9.49 Å². The van der Waals surface area contributed by atoms with Gasteiger partial charge in [-0.25, -0.2) is 0 Å². The maximum atomic E-state index is 11.6. The van der Waals surface area contributed by atoms with Gasteiger partial charge in [0.25, 0.3) is 5.91 Å². The number of hydrogen-bond donors (Lipinski definition) is 3. The third-order valence-electron chi connectivity index (χ3n) is 2.61. The molecule has 1 saturated heterocycles. The van der Waals surface area contributed by atoms with Gasteiger partial charge in [-0.05, 0) is 54.1 Å². The molecule has 4 nitrogen and oxygen atoms in total. The zero-order chi connectivity index (χ0) is 10.7. The van der Waals surface area contributed by atoms with Crippen molar-refractivity contribution in [3.8, 4) is 0 Å². The van der Waals surface area contributed by atoms with E-state index < -0.39 is 0 Å². The van der Waals surface area contributed by atoms with E-state index in [4.69, 9.17) is 0 Å². The van der Waals surface area contributed by atoms with Crippen LogP contribution in [0.25, 0.3) is 0 Å². The lowest BCUT2D eigenvalue weighted by molar-refractivity contribution is 0.0944. The average Bonchev–Trinajstić information content (AvgIpc) is 2.84. The predicted octanol–water partition coefficient (Wildman–Crippen LogP) is 0.959. The van der Waals surface area contributed by atoms with Crippen LogP contribution in [0.15, 0.2) is 12.3 Å². The molecule has 2 rings (SSSR count). The molecule has 0 spiro atoms. The molecule has 82 valence electrons. The summed E-state index contributed by atoms with van der Waals surface area (Å²) in [6.07, 6.45) is 2.98. The first-order valence-electron chi connectivity index (χ1n) is 5.08. The van der Waals surface area contributed by atoms with E-state index in [-0.39, 0.29) is 5.91 Å². The monoisotopic (exact) mass is 319 g/mol.